The van der Waals surface area contributed by atoms with E-state index in [0.29, 0.717) is 5.69 Å². The van der Waals surface area contributed by atoms with Gasteiger partial charge in [0.05, 0.1) is 22.9 Å². The van der Waals surface area contributed by atoms with E-state index in [1.165, 1.54) is 24.8 Å². The van der Waals surface area contributed by atoms with E-state index in [1.807, 2.05) is 48.5 Å². The minimum Gasteiger partial charge on any atom is -0.427 e. The van der Waals surface area contributed by atoms with Crippen molar-refractivity contribution < 1.29 is 23.9 Å². The Morgan fingerprint density at radius 1 is 0.824 bits per heavy atom. The van der Waals surface area contributed by atoms with Crippen molar-refractivity contribution in [3.8, 4) is 5.75 Å². The summed E-state index contributed by atoms with van der Waals surface area (Å²) in [5.41, 5.74) is 2.56. The number of Topliss-reactive ketones (excluding diaryl/α,β-unsaturated/α-hetero) is 1. The Kier molecular flexibility index (Phi) is 4.21. The van der Waals surface area contributed by atoms with Crippen LogP contribution in [-0.4, -0.2) is 23.6 Å². The maximum Gasteiger partial charge on any atom is 0.308 e. The molecular formula is C28H21NO5. The molecular weight excluding hydrogens is 430 g/mol. The zero-order chi connectivity index (χ0) is 23.8. The predicted octanol–water partition coefficient (Wildman–Crippen LogP) is 3.75. The molecule has 2 amide bonds. The SMILES string of the molecule is CC(=O)Oc1cccc(N2C(=O)C3C4c5ccccc5C(C(C)=O)(c5ccccc54)C3C2=O)c1. The van der Waals surface area contributed by atoms with Crippen molar-refractivity contribution in [3.63, 3.8) is 0 Å². The monoisotopic (exact) mass is 451 g/mol. The van der Waals surface area contributed by atoms with E-state index in [0.717, 1.165) is 22.3 Å². The fourth-order valence-electron chi connectivity index (χ4n) is 6.48. The minimum atomic E-state index is -1.23. The third-order valence-corrected chi connectivity index (χ3v) is 7.51. The number of carbonyl (C=O) groups is 4. The Labute approximate surface area is 196 Å². The molecule has 1 aliphatic heterocycles. The van der Waals surface area contributed by atoms with E-state index in [1.54, 1.807) is 18.2 Å². The van der Waals surface area contributed by atoms with Gasteiger partial charge in [-0.05, 0) is 41.3 Å². The molecule has 6 nitrogen and oxygen atoms in total. The molecule has 168 valence electrons. The van der Waals surface area contributed by atoms with Crippen LogP contribution >= 0.6 is 0 Å². The van der Waals surface area contributed by atoms with Crippen LogP contribution in [0.25, 0.3) is 0 Å². The van der Waals surface area contributed by atoms with E-state index in [-0.39, 0.29) is 23.4 Å². The lowest BCUT2D eigenvalue weighted by molar-refractivity contribution is -0.133. The van der Waals surface area contributed by atoms with Crippen molar-refractivity contribution in [1.82, 2.24) is 0 Å². The van der Waals surface area contributed by atoms with Gasteiger partial charge in [0.2, 0.25) is 11.8 Å². The Balaban J connectivity index is 1.59. The number of benzene rings is 3. The van der Waals surface area contributed by atoms with Gasteiger partial charge in [0.1, 0.15) is 11.5 Å². The quantitative estimate of drug-likeness (QED) is 0.344. The van der Waals surface area contributed by atoms with Crippen LogP contribution in [0.4, 0.5) is 5.69 Å². The van der Waals surface area contributed by atoms with Crippen LogP contribution in [0.5, 0.6) is 5.75 Å². The first-order chi connectivity index (χ1) is 16.4. The average molecular weight is 451 g/mol. The summed E-state index contributed by atoms with van der Waals surface area (Å²) in [6.45, 7) is 2.80. The zero-order valence-electron chi connectivity index (χ0n) is 18.6. The fraction of sp³-hybridized carbons (Fsp3) is 0.214. The van der Waals surface area contributed by atoms with Crippen LogP contribution in [0.1, 0.15) is 42.0 Å². The first-order valence-electron chi connectivity index (χ1n) is 11.2. The van der Waals surface area contributed by atoms with Crippen molar-refractivity contribution in [1.29, 1.82) is 0 Å². The molecule has 4 aliphatic rings. The average Bonchev–Trinajstić information content (AvgIpc) is 3.09. The van der Waals surface area contributed by atoms with Crippen molar-refractivity contribution in [2.24, 2.45) is 11.8 Å². The second-order valence-corrected chi connectivity index (χ2v) is 9.12. The molecule has 3 aromatic carbocycles. The molecule has 6 heteroatoms. The number of hydrogen-bond donors (Lipinski definition) is 0. The number of carbonyl (C=O) groups excluding carboxylic acids is 4. The lowest BCUT2D eigenvalue weighted by atomic mass is 9.46. The summed E-state index contributed by atoms with van der Waals surface area (Å²) < 4.78 is 5.18. The summed E-state index contributed by atoms with van der Waals surface area (Å²) in [6.07, 6.45) is 0. The number of anilines is 1. The van der Waals surface area contributed by atoms with E-state index in [2.05, 4.69) is 0 Å². The summed E-state index contributed by atoms with van der Waals surface area (Å²) in [7, 11) is 0. The molecule has 7 rings (SSSR count). The standard InChI is InChI=1S/C28H21NO5/c1-15(30)28-21-12-5-3-10-19(21)23(20-11-4-6-13-22(20)28)24-25(28)27(33)29(26(24)32)17-8-7-9-18(14-17)34-16(2)31/h3-14,23-25H,1-2H3. The highest BCUT2D eigenvalue weighted by molar-refractivity contribution is 6.25. The molecule has 1 saturated heterocycles. The molecule has 0 aromatic heterocycles. The lowest BCUT2D eigenvalue weighted by Crippen LogP contribution is -2.57. The summed E-state index contributed by atoms with van der Waals surface area (Å²) in [5, 5.41) is 0. The van der Waals surface area contributed by atoms with E-state index in [9.17, 15) is 19.2 Å². The molecule has 0 radical (unpaired) electrons. The molecule has 0 spiro atoms. The number of imide groups is 1. The van der Waals surface area contributed by atoms with Gasteiger partial charge in [-0.3, -0.25) is 19.2 Å². The highest BCUT2D eigenvalue weighted by Gasteiger charge is 2.70. The highest BCUT2D eigenvalue weighted by Crippen LogP contribution is 2.64. The summed E-state index contributed by atoms with van der Waals surface area (Å²) in [4.78, 5) is 54.2. The lowest BCUT2D eigenvalue weighted by Gasteiger charge is -2.52. The maximum absolute atomic E-state index is 14.0. The largest absolute Gasteiger partial charge is 0.427 e. The van der Waals surface area contributed by atoms with Crippen LogP contribution in [0.3, 0.4) is 0 Å². The molecule has 2 atom stereocenters. The molecule has 1 heterocycles. The van der Waals surface area contributed by atoms with Gasteiger partial charge in [0.15, 0.2) is 0 Å². The van der Waals surface area contributed by atoms with E-state index in [4.69, 9.17) is 4.74 Å². The number of rotatable bonds is 3. The normalized spacial score (nSPS) is 26.1. The maximum atomic E-state index is 14.0. The summed E-state index contributed by atoms with van der Waals surface area (Å²) in [5.74, 6) is -3.01. The Morgan fingerprint density at radius 3 is 2.03 bits per heavy atom. The van der Waals surface area contributed by atoms with Crippen LogP contribution in [0.2, 0.25) is 0 Å². The molecule has 3 aliphatic carbocycles. The third kappa shape index (κ3) is 2.40. The van der Waals surface area contributed by atoms with Gasteiger partial charge in [-0.1, -0.05) is 54.6 Å². The number of ketones is 1. The van der Waals surface area contributed by atoms with Crippen LogP contribution < -0.4 is 9.64 Å². The topological polar surface area (TPSA) is 80.8 Å². The van der Waals surface area contributed by atoms with Gasteiger partial charge in [-0.15, -0.1) is 0 Å². The first-order valence-corrected chi connectivity index (χ1v) is 11.2. The first kappa shape index (κ1) is 20.5. The summed E-state index contributed by atoms with van der Waals surface area (Å²) >= 11 is 0. The molecule has 2 bridgehead atoms. The minimum absolute atomic E-state index is 0.155. The van der Waals surface area contributed by atoms with Gasteiger partial charge in [0.25, 0.3) is 0 Å². The van der Waals surface area contributed by atoms with Gasteiger partial charge >= 0.3 is 5.97 Å². The smallest absolute Gasteiger partial charge is 0.308 e. The van der Waals surface area contributed by atoms with Gasteiger partial charge < -0.3 is 4.74 Å². The van der Waals surface area contributed by atoms with Crippen LogP contribution in [0, 0.1) is 11.8 Å². The van der Waals surface area contributed by atoms with Crippen LogP contribution in [-0.2, 0) is 24.6 Å². The Morgan fingerprint density at radius 2 is 1.44 bits per heavy atom. The van der Waals surface area contributed by atoms with Crippen LogP contribution in [0.15, 0.2) is 72.8 Å². The molecule has 34 heavy (non-hydrogen) atoms. The third-order valence-electron chi connectivity index (χ3n) is 7.51. The number of hydrogen-bond acceptors (Lipinski definition) is 5. The van der Waals surface area contributed by atoms with Gasteiger partial charge in [-0.25, -0.2) is 4.90 Å². The second kappa shape index (κ2) is 6.97. The van der Waals surface area contributed by atoms with E-state index < -0.39 is 29.1 Å². The van der Waals surface area contributed by atoms with E-state index >= 15 is 0 Å². The summed E-state index contributed by atoms with van der Waals surface area (Å²) in [6, 6.07) is 21.7. The van der Waals surface area contributed by atoms with Crippen molar-refractivity contribution in [2.45, 2.75) is 25.2 Å². The van der Waals surface area contributed by atoms with Gasteiger partial charge in [-0.2, -0.15) is 0 Å². The number of esters is 1. The van der Waals surface area contributed by atoms with Gasteiger partial charge in [0, 0.05) is 18.9 Å². The number of amides is 2. The Bertz CT molecular complexity index is 1380. The molecule has 2 unspecified atom stereocenters. The second-order valence-electron chi connectivity index (χ2n) is 9.12. The highest BCUT2D eigenvalue weighted by atomic mass is 16.5. The number of ether oxygens (including phenoxy) is 1. The predicted molar refractivity (Wildman–Crippen MR) is 123 cm³/mol. The number of nitrogens with zero attached hydrogens (tertiary/aromatic N) is 1. The van der Waals surface area contributed by atoms with Crippen molar-refractivity contribution in [3.05, 3.63) is 95.1 Å². The molecule has 0 N–H and O–H groups in total. The van der Waals surface area contributed by atoms with Crippen molar-refractivity contribution >= 4 is 29.3 Å². The molecule has 0 saturated carbocycles. The fourth-order valence-corrected chi connectivity index (χ4v) is 6.48. The zero-order valence-corrected chi connectivity index (χ0v) is 18.6. The Hall–Kier alpha value is -4.06. The van der Waals surface area contributed by atoms with Crippen molar-refractivity contribution in [2.75, 3.05) is 4.90 Å². The molecule has 3 aromatic rings. The molecule has 1 fully saturated rings.